The summed E-state index contributed by atoms with van der Waals surface area (Å²) in [5.41, 5.74) is 3.04. The molecule has 124 valence electrons. The van der Waals surface area contributed by atoms with Gasteiger partial charge in [-0.05, 0) is 17.7 Å². The minimum atomic E-state index is -3.59. The number of aromatic nitrogens is 2. The van der Waals surface area contributed by atoms with Crippen molar-refractivity contribution >= 4 is 21.2 Å². The number of benzene rings is 2. The zero-order valence-electron chi connectivity index (χ0n) is 13.3. The fraction of sp³-hybridized carbons (Fsp3) is 0.176. The molecule has 3 aromatic rings. The Morgan fingerprint density at radius 1 is 1.00 bits per heavy atom. The number of rotatable bonds is 6. The quantitative estimate of drug-likeness (QED) is 0.744. The van der Waals surface area contributed by atoms with Gasteiger partial charge in [0.2, 0.25) is 0 Å². The van der Waals surface area contributed by atoms with E-state index in [2.05, 4.69) is 14.7 Å². The number of nitrogens with zero attached hydrogens (tertiary/aromatic N) is 3. The van der Waals surface area contributed by atoms with Crippen molar-refractivity contribution in [3.63, 3.8) is 0 Å². The fourth-order valence-electron chi connectivity index (χ4n) is 2.27. The van der Waals surface area contributed by atoms with Gasteiger partial charge in [0.05, 0.1) is 29.5 Å². The maximum Gasteiger partial charge on any atom is 0.279 e. The molecular weight excluding hydrogens is 324 g/mol. The van der Waals surface area contributed by atoms with E-state index in [-0.39, 0.29) is 13.1 Å². The molecule has 2 aromatic carbocycles. The molecule has 1 aromatic heterocycles. The van der Waals surface area contributed by atoms with E-state index in [1.165, 1.54) is 11.4 Å². The molecule has 0 bridgehead atoms. The van der Waals surface area contributed by atoms with Crippen LogP contribution in [-0.4, -0.2) is 29.7 Å². The number of nitrogens with one attached hydrogen (secondary N) is 1. The minimum Gasteiger partial charge on any atom is -0.253 e. The molecule has 1 N–H and O–H groups in total. The number of hydrogen-bond donors (Lipinski definition) is 1. The molecule has 3 rings (SSSR count). The van der Waals surface area contributed by atoms with E-state index in [0.717, 1.165) is 16.6 Å². The van der Waals surface area contributed by atoms with E-state index in [9.17, 15) is 8.42 Å². The van der Waals surface area contributed by atoms with Gasteiger partial charge in [0.1, 0.15) is 0 Å². The summed E-state index contributed by atoms with van der Waals surface area (Å²) in [5, 5.41) is 0. The second kappa shape index (κ2) is 7.04. The van der Waals surface area contributed by atoms with E-state index in [0.29, 0.717) is 5.69 Å². The van der Waals surface area contributed by atoms with Crippen LogP contribution in [0.3, 0.4) is 0 Å². The van der Waals surface area contributed by atoms with Crippen LogP contribution in [0.25, 0.3) is 11.0 Å². The van der Waals surface area contributed by atoms with Crippen molar-refractivity contribution in [1.82, 2.24) is 19.0 Å². The molecule has 0 aliphatic carbocycles. The molecule has 24 heavy (non-hydrogen) atoms. The maximum absolute atomic E-state index is 12.3. The highest BCUT2D eigenvalue weighted by molar-refractivity contribution is 7.87. The summed E-state index contributed by atoms with van der Waals surface area (Å²) >= 11 is 0. The van der Waals surface area contributed by atoms with Crippen molar-refractivity contribution < 1.29 is 8.42 Å². The number of para-hydroxylation sites is 2. The second-order valence-corrected chi connectivity index (χ2v) is 7.28. The molecule has 0 saturated heterocycles. The van der Waals surface area contributed by atoms with Gasteiger partial charge in [0.15, 0.2) is 0 Å². The lowest BCUT2D eigenvalue weighted by Crippen LogP contribution is -2.37. The van der Waals surface area contributed by atoms with Crippen molar-refractivity contribution in [3.8, 4) is 0 Å². The Balaban J connectivity index is 1.68. The van der Waals surface area contributed by atoms with Gasteiger partial charge in [-0.15, -0.1) is 0 Å². The number of fused-ring (bicyclic) bond motifs is 1. The first kappa shape index (κ1) is 16.5. The Kier molecular flexibility index (Phi) is 4.84. The van der Waals surface area contributed by atoms with Crippen LogP contribution in [-0.2, 0) is 23.3 Å². The third-order valence-corrected chi connectivity index (χ3v) is 5.05. The molecule has 0 atom stereocenters. The summed E-state index contributed by atoms with van der Waals surface area (Å²) in [7, 11) is -2.08. The monoisotopic (exact) mass is 342 g/mol. The molecule has 1 heterocycles. The van der Waals surface area contributed by atoms with Gasteiger partial charge in [0.25, 0.3) is 10.2 Å². The van der Waals surface area contributed by atoms with Crippen molar-refractivity contribution in [1.29, 1.82) is 0 Å². The first-order chi connectivity index (χ1) is 11.5. The van der Waals surface area contributed by atoms with Gasteiger partial charge in [-0.25, -0.2) is 4.98 Å². The van der Waals surface area contributed by atoms with E-state index < -0.39 is 10.2 Å². The third-order valence-electron chi connectivity index (χ3n) is 3.59. The normalized spacial score (nSPS) is 11.9. The largest absolute Gasteiger partial charge is 0.279 e. The lowest BCUT2D eigenvalue weighted by molar-refractivity contribution is 0.450. The highest BCUT2D eigenvalue weighted by Crippen LogP contribution is 2.11. The minimum absolute atomic E-state index is 0.155. The summed E-state index contributed by atoms with van der Waals surface area (Å²) in [6, 6.07) is 16.9. The SMILES string of the molecule is CN(Cc1cnc2ccccc2n1)S(=O)(=O)NCc1ccccc1. The van der Waals surface area contributed by atoms with Gasteiger partial charge in [-0.3, -0.25) is 4.98 Å². The summed E-state index contributed by atoms with van der Waals surface area (Å²) in [5.74, 6) is 0. The summed E-state index contributed by atoms with van der Waals surface area (Å²) in [6.07, 6.45) is 1.60. The summed E-state index contributed by atoms with van der Waals surface area (Å²) in [6.45, 7) is 0.402. The lowest BCUT2D eigenvalue weighted by atomic mass is 10.2. The lowest BCUT2D eigenvalue weighted by Gasteiger charge is -2.17. The Morgan fingerprint density at radius 2 is 1.67 bits per heavy atom. The first-order valence-corrected chi connectivity index (χ1v) is 8.94. The standard InChI is InChI=1S/C17H18N4O2S/c1-21(24(22,23)19-11-14-7-3-2-4-8-14)13-15-12-18-16-9-5-6-10-17(16)20-15/h2-10,12,19H,11,13H2,1H3. The van der Waals surface area contributed by atoms with Crippen LogP contribution in [0.15, 0.2) is 60.8 Å². The smallest absolute Gasteiger partial charge is 0.253 e. The average Bonchev–Trinajstić information content (AvgIpc) is 2.61. The summed E-state index contributed by atoms with van der Waals surface area (Å²) in [4.78, 5) is 8.76. The maximum atomic E-state index is 12.3. The van der Waals surface area contributed by atoms with Crippen molar-refractivity contribution in [2.45, 2.75) is 13.1 Å². The Hall–Kier alpha value is -2.35. The van der Waals surface area contributed by atoms with E-state index in [1.807, 2.05) is 54.6 Å². The van der Waals surface area contributed by atoms with Crippen LogP contribution < -0.4 is 4.72 Å². The average molecular weight is 342 g/mol. The molecule has 0 fully saturated rings. The van der Waals surface area contributed by atoms with Crippen LogP contribution in [0.2, 0.25) is 0 Å². The second-order valence-electron chi connectivity index (χ2n) is 5.42. The molecule has 6 nitrogen and oxygen atoms in total. The molecule has 0 unspecified atom stereocenters. The molecule has 0 radical (unpaired) electrons. The topological polar surface area (TPSA) is 75.2 Å². The van der Waals surface area contributed by atoms with Gasteiger partial charge >= 0.3 is 0 Å². The van der Waals surface area contributed by atoms with E-state index >= 15 is 0 Å². The highest BCUT2D eigenvalue weighted by atomic mass is 32.2. The fourth-order valence-corrected chi connectivity index (χ4v) is 3.14. The predicted octanol–water partition coefficient (Wildman–Crippen LogP) is 2.10. The zero-order chi connectivity index (χ0) is 17.0. The van der Waals surface area contributed by atoms with Crippen LogP contribution >= 0.6 is 0 Å². The number of hydrogen-bond acceptors (Lipinski definition) is 4. The van der Waals surface area contributed by atoms with Crippen LogP contribution in [0.4, 0.5) is 0 Å². The molecule has 0 amide bonds. The van der Waals surface area contributed by atoms with Gasteiger partial charge in [-0.2, -0.15) is 17.4 Å². The van der Waals surface area contributed by atoms with Crippen molar-refractivity contribution in [2.24, 2.45) is 0 Å². The van der Waals surface area contributed by atoms with Gasteiger partial charge in [-0.1, -0.05) is 42.5 Å². The molecule has 0 aliphatic heterocycles. The highest BCUT2D eigenvalue weighted by Gasteiger charge is 2.18. The molecule has 0 aliphatic rings. The van der Waals surface area contributed by atoms with Crippen LogP contribution in [0.5, 0.6) is 0 Å². The van der Waals surface area contributed by atoms with Crippen molar-refractivity contribution in [2.75, 3.05) is 7.05 Å². The molecule has 7 heteroatoms. The molecule has 0 saturated carbocycles. The van der Waals surface area contributed by atoms with E-state index in [1.54, 1.807) is 6.20 Å². The van der Waals surface area contributed by atoms with E-state index in [4.69, 9.17) is 0 Å². The van der Waals surface area contributed by atoms with Gasteiger partial charge in [0, 0.05) is 13.6 Å². The Labute approximate surface area is 141 Å². The third kappa shape index (κ3) is 3.94. The molecule has 0 spiro atoms. The zero-order valence-corrected chi connectivity index (χ0v) is 14.1. The Morgan fingerprint density at radius 3 is 2.42 bits per heavy atom. The first-order valence-electron chi connectivity index (χ1n) is 7.50. The van der Waals surface area contributed by atoms with Crippen molar-refractivity contribution in [3.05, 3.63) is 72.1 Å². The molecular formula is C17H18N4O2S. The summed E-state index contributed by atoms with van der Waals surface area (Å²) < 4.78 is 28.5. The van der Waals surface area contributed by atoms with Gasteiger partial charge < -0.3 is 0 Å². The van der Waals surface area contributed by atoms with Crippen LogP contribution in [0, 0.1) is 0 Å². The Bertz CT molecular complexity index is 929. The predicted molar refractivity (Wildman–Crippen MR) is 93.2 cm³/mol. The van der Waals surface area contributed by atoms with Crippen LogP contribution in [0.1, 0.15) is 11.3 Å².